The molecule has 0 saturated carbocycles. The monoisotopic (exact) mass is 256 g/mol. The summed E-state index contributed by atoms with van der Waals surface area (Å²) in [7, 11) is 0. The number of thiocyanates is 1. The van der Waals surface area contributed by atoms with Crippen LogP contribution in [0.1, 0.15) is 11.5 Å². The number of thioether (sulfide) groups is 1. The van der Waals surface area contributed by atoms with Crippen LogP contribution in [0.2, 0.25) is 0 Å². The van der Waals surface area contributed by atoms with E-state index in [0.29, 0.717) is 5.04 Å². The van der Waals surface area contributed by atoms with Crippen LogP contribution in [0.15, 0.2) is 46.9 Å². The van der Waals surface area contributed by atoms with E-state index < -0.39 is 5.92 Å². The highest BCUT2D eigenvalue weighted by atomic mass is 32.2. The molecule has 1 unspecified atom stereocenters. The van der Waals surface area contributed by atoms with Gasteiger partial charge in [0.1, 0.15) is 22.1 Å². The summed E-state index contributed by atoms with van der Waals surface area (Å²) in [5.74, 6) is -0.455. The molecule has 5 nitrogen and oxygen atoms in total. The summed E-state index contributed by atoms with van der Waals surface area (Å²) >= 11 is 0.866. The van der Waals surface area contributed by atoms with E-state index in [1.807, 2.05) is 41.8 Å². The lowest BCUT2D eigenvalue weighted by atomic mass is 9.92. The van der Waals surface area contributed by atoms with Crippen LogP contribution >= 0.6 is 11.8 Å². The van der Waals surface area contributed by atoms with Gasteiger partial charge in [0.25, 0.3) is 0 Å². The van der Waals surface area contributed by atoms with Gasteiger partial charge in [-0.15, -0.1) is 0 Å². The maximum absolute atomic E-state index is 9.16. The lowest BCUT2D eigenvalue weighted by Crippen LogP contribution is -2.21. The first kappa shape index (κ1) is 12.0. The van der Waals surface area contributed by atoms with Crippen molar-refractivity contribution in [2.24, 2.45) is 10.9 Å². The molecule has 0 aromatic heterocycles. The van der Waals surface area contributed by atoms with E-state index in [0.717, 1.165) is 17.3 Å². The van der Waals surface area contributed by atoms with Gasteiger partial charge in [0.15, 0.2) is 0 Å². The average molecular weight is 256 g/mol. The average Bonchev–Trinajstić information content (AvgIpc) is 2.41. The fraction of sp³-hybridized carbons (Fsp3) is 0.0833. The van der Waals surface area contributed by atoms with Gasteiger partial charge in [0.2, 0.25) is 5.88 Å². The first-order valence-corrected chi connectivity index (χ1v) is 5.85. The Morgan fingerprint density at radius 2 is 2.00 bits per heavy atom. The Bertz CT molecular complexity index is 595. The molecule has 0 bridgehead atoms. The van der Waals surface area contributed by atoms with Crippen LogP contribution in [-0.4, -0.2) is 5.04 Å². The zero-order chi connectivity index (χ0) is 13.0. The molecule has 2 rings (SSSR count). The number of benzene rings is 1. The van der Waals surface area contributed by atoms with E-state index in [4.69, 9.17) is 21.1 Å². The first-order chi connectivity index (χ1) is 8.77. The predicted molar refractivity (Wildman–Crippen MR) is 67.7 cm³/mol. The summed E-state index contributed by atoms with van der Waals surface area (Å²) in [4.78, 5) is 4.85. The van der Waals surface area contributed by atoms with Crippen molar-refractivity contribution in [3.05, 3.63) is 47.4 Å². The Morgan fingerprint density at radius 3 is 2.61 bits per heavy atom. The number of oxime groups is 1. The fourth-order valence-corrected chi connectivity index (χ4v) is 2.20. The molecule has 2 N–H and O–H groups in total. The molecule has 0 saturated heterocycles. The van der Waals surface area contributed by atoms with E-state index in [1.54, 1.807) is 0 Å². The summed E-state index contributed by atoms with van der Waals surface area (Å²) in [6.45, 7) is 0. The molecular weight excluding hydrogens is 248 g/mol. The lowest BCUT2D eigenvalue weighted by molar-refractivity contribution is 0.215. The molecule has 6 heteroatoms. The van der Waals surface area contributed by atoms with Gasteiger partial charge in [-0.05, 0) is 5.56 Å². The van der Waals surface area contributed by atoms with Gasteiger partial charge in [0, 0.05) is 11.8 Å². The second-order valence-corrected chi connectivity index (χ2v) is 4.25. The van der Waals surface area contributed by atoms with E-state index in [2.05, 4.69) is 5.16 Å². The van der Waals surface area contributed by atoms with Gasteiger partial charge < -0.3 is 10.6 Å². The Kier molecular flexibility index (Phi) is 3.52. The van der Waals surface area contributed by atoms with Crippen molar-refractivity contribution in [3.63, 3.8) is 0 Å². The van der Waals surface area contributed by atoms with Gasteiger partial charge in [0.05, 0.1) is 5.92 Å². The number of rotatable bonds is 1. The molecule has 1 aromatic rings. The van der Waals surface area contributed by atoms with E-state index in [9.17, 15) is 0 Å². The predicted octanol–water partition coefficient (Wildman–Crippen LogP) is 2.02. The largest absolute Gasteiger partial charge is 0.367 e. The Hall–Kier alpha value is -2.44. The second kappa shape index (κ2) is 5.26. The quantitative estimate of drug-likeness (QED) is 0.775. The van der Waals surface area contributed by atoms with Gasteiger partial charge in [-0.2, -0.15) is 10.5 Å². The summed E-state index contributed by atoms with van der Waals surface area (Å²) in [5.41, 5.74) is 6.73. The SMILES string of the molecule is N#CSC1=NOC(N)=C(C#N)C1c1ccccc1. The van der Waals surface area contributed by atoms with Crippen molar-refractivity contribution >= 4 is 16.8 Å². The molecule has 0 amide bonds. The standard InChI is InChI=1S/C12H8N4OS/c13-6-9-10(8-4-2-1-3-5-8)12(18-7-14)16-17-11(9)15/h1-5,10H,15H2. The molecule has 1 aliphatic heterocycles. The van der Waals surface area contributed by atoms with Gasteiger partial charge in [-0.3, -0.25) is 0 Å². The van der Waals surface area contributed by atoms with Crippen molar-refractivity contribution in [1.29, 1.82) is 10.5 Å². The number of nitrogens with zero attached hydrogens (tertiary/aromatic N) is 3. The fourth-order valence-electron chi connectivity index (χ4n) is 1.66. The van der Waals surface area contributed by atoms with Crippen molar-refractivity contribution in [1.82, 2.24) is 0 Å². The molecule has 1 aromatic carbocycles. The highest BCUT2D eigenvalue weighted by molar-refractivity contribution is 8.17. The second-order valence-electron chi connectivity index (χ2n) is 3.45. The minimum Gasteiger partial charge on any atom is -0.367 e. The third-order valence-corrected chi connectivity index (χ3v) is 3.05. The topological polar surface area (TPSA) is 95.2 Å². The third kappa shape index (κ3) is 2.15. The molecule has 1 atom stereocenters. The van der Waals surface area contributed by atoms with E-state index in [1.165, 1.54) is 0 Å². The van der Waals surface area contributed by atoms with E-state index >= 15 is 0 Å². The molecule has 0 radical (unpaired) electrons. The highest BCUT2D eigenvalue weighted by Gasteiger charge is 2.30. The minimum atomic E-state index is -0.436. The summed E-state index contributed by atoms with van der Waals surface area (Å²) in [6, 6.07) is 11.3. The Labute approximate surface area is 108 Å². The number of nitriles is 2. The third-order valence-electron chi connectivity index (χ3n) is 2.44. The summed E-state index contributed by atoms with van der Waals surface area (Å²) in [5, 5.41) is 24.0. The molecule has 1 aliphatic rings. The van der Waals surface area contributed by atoms with Crippen molar-refractivity contribution in [2.75, 3.05) is 0 Å². The summed E-state index contributed by atoms with van der Waals surface area (Å²) < 4.78 is 0. The highest BCUT2D eigenvalue weighted by Crippen LogP contribution is 2.34. The van der Waals surface area contributed by atoms with Crippen molar-refractivity contribution < 1.29 is 4.84 Å². The van der Waals surface area contributed by atoms with Gasteiger partial charge in [-0.1, -0.05) is 35.5 Å². The first-order valence-electron chi connectivity index (χ1n) is 5.03. The molecular formula is C12H8N4OS. The lowest BCUT2D eigenvalue weighted by Gasteiger charge is -2.20. The Balaban J connectivity index is 2.50. The van der Waals surface area contributed by atoms with Gasteiger partial charge >= 0.3 is 0 Å². The molecule has 0 aliphatic carbocycles. The number of hydrogen-bond acceptors (Lipinski definition) is 6. The molecule has 0 spiro atoms. The zero-order valence-corrected chi connectivity index (χ0v) is 10.0. The maximum atomic E-state index is 9.16. The number of nitrogens with two attached hydrogens (primary N) is 1. The van der Waals surface area contributed by atoms with Crippen molar-refractivity contribution in [2.45, 2.75) is 5.92 Å². The smallest absolute Gasteiger partial charge is 0.235 e. The summed E-state index contributed by atoms with van der Waals surface area (Å²) in [6.07, 6.45) is 0. The number of hydrogen-bond donors (Lipinski definition) is 1. The van der Waals surface area contributed by atoms with Gasteiger partial charge in [-0.25, -0.2) is 0 Å². The molecule has 18 heavy (non-hydrogen) atoms. The van der Waals surface area contributed by atoms with Crippen molar-refractivity contribution in [3.8, 4) is 11.5 Å². The molecule has 88 valence electrons. The van der Waals surface area contributed by atoms with Crippen LogP contribution < -0.4 is 5.73 Å². The van der Waals surface area contributed by atoms with Crippen LogP contribution in [0, 0.1) is 22.0 Å². The molecule has 1 heterocycles. The zero-order valence-electron chi connectivity index (χ0n) is 9.20. The van der Waals surface area contributed by atoms with E-state index in [-0.39, 0.29) is 11.5 Å². The minimum absolute atomic E-state index is 0.0198. The van der Waals surface area contributed by atoms with Crippen LogP contribution in [0.4, 0.5) is 0 Å². The maximum Gasteiger partial charge on any atom is 0.235 e. The normalized spacial score (nSPS) is 18.3. The van der Waals surface area contributed by atoms with Crippen LogP contribution in [0.3, 0.4) is 0 Å². The Morgan fingerprint density at radius 1 is 1.28 bits per heavy atom. The number of allylic oxidation sites excluding steroid dienone is 1. The van der Waals surface area contributed by atoms with Crippen LogP contribution in [-0.2, 0) is 4.84 Å². The van der Waals surface area contributed by atoms with Crippen LogP contribution in [0.25, 0.3) is 0 Å². The molecule has 0 fully saturated rings. The van der Waals surface area contributed by atoms with Crippen LogP contribution in [0.5, 0.6) is 0 Å².